The highest BCUT2D eigenvalue weighted by molar-refractivity contribution is 7.17. The maximum atomic E-state index is 9.04. The number of benzene rings is 1. The van der Waals surface area contributed by atoms with E-state index in [2.05, 4.69) is 168 Å². The van der Waals surface area contributed by atoms with Gasteiger partial charge < -0.3 is 14.4 Å². The molecule has 0 amide bonds. The third-order valence-electron chi connectivity index (χ3n) is 13.2. The number of aryl methyl sites for hydroxylation is 1. The second-order valence-electron chi connectivity index (χ2n) is 19.1. The summed E-state index contributed by atoms with van der Waals surface area (Å²) in [6.07, 6.45) is 23.8. The number of aliphatic hydroxyl groups is 1. The average Bonchev–Trinajstić information content (AvgIpc) is 4.30. The van der Waals surface area contributed by atoms with Crippen molar-refractivity contribution >= 4 is 90.0 Å². The fourth-order valence-corrected chi connectivity index (χ4v) is 11.5. The van der Waals surface area contributed by atoms with Crippen LogP contribution in [0.2, 0.25) is 0 Å². The molecule has 2 N–H and O–H groups in total. The van der Waals surface area contributed by atoms with Gasteiger partial charge in [-0.05, 0) is 78.8 Å². The quantitative estimate of drug-likeness (QED) is 0.124. The molecule has 25 heteroatoms. The van der Waals surface area contributed by atoms with E-state index in [1.165, 1.54) is 42.2 Å². The third-order valence-corrected chi connectivity index (χ3v) is 15.4. The summed E-state index contributed by atoms with van der Waals surface area (Å²) in [5, 5.41) is 44.9. The topological polar surface area (TPSA) is 247 Å². The Kier molecular flexibility index (Phi) is 13.2. The Balaban J connectivity index is 0.000000113. The largest absolute Gasteiger partial charge is 0.394 e. The van der Waals surface area contributed by atoms with Crippen molar-refractivity contribution < 1.29 is 9.79 Å². The molecular formula is C54H49N22OS2+. The second kappa shape index (κ2) is 21.2. The van der Waals surface area contributed by atoms with Crippen LogP contribution in [0.25, 0.3) is 83.6 Å². The van der Waals surface area contributed by atoms with E-state index in [1.807, 2.05) is 41.1 Å². The molecule has 392 valence electrons. The van der Waals surface area contributed by atoms with Crippen molar-refractivity contribution in [2.24, 2.45) is 12.0 Å². The number of allylic oxidation sites excluding steroid dienone is 2. The Bertz CT molecular complexity index is 4450. The van der Waals surface area contributed by atoms with Crippen molar-refractivity contribution in [1.82, 2.24) is 99.1 Å². The molecule has 15 rings (SSSR count). The van der Waals surface area contributed by atoms with E-state index in [9.17, 15) is 0 Å². The van der Waals surface area contributed by atoms with Crippen LogP contribution in [-0.2, 0) is 46.2 Å². The van der Waals surface area contributed by atoms with Gasteiger partial charge in [-0.3, -0.25) is 14.4 Å². The maximum absolute atomic E-state index is 9.04. The standard InChI is InChI=1S/C20H21N9.C18H15N7OS.C16H12N6S/c1-26(2)13-17-7-6-16-5-4-14(10-28(16)17)11-29-20-19(24-25-29)21-9-18(23-20)15-8-22-27(3)12-15;26-6-5-24-9-12(7-20-24)15-8-19-17-18(21-15)25(23-22-17)10-13-11-27-16-4-2-1-3-14(13)16;1-2-10-6-12(23-14(10)3-1)9-22-16-15(20-21-22)18-8-13(19-16)11-4-5-17-7-11/h4-10,12H,11,13H2,1-3H3;1-4,7-9,11,26H,5-6,10H2;1,3-4,6-8H,2,5,9H2/p+1. The van der Waals surface area contributed by atoms with E-state index in [-0.39, 0.29) is 6.61 Å². The molecule has 0 saturated heterocycles. The number of fused-ring (bicyclic) bond motifs is 6. The lowest BCUT2D eigenvalue weighted by Gasteiger charge is -2.11. The zero-order chi connectivity index (χ0) is 53.4. The minimum Gasteiger partial charge on any atom is -0.394 e. The van der Waals surface area contributed by atoms with Gasteiger partial charge in [0, 0.05) is 85.9 Å². The van der Waals surface area contributed by atoms with Crippen molar-refractivity contribution in [3.63, 3.8) is 0 Å². The fraction of sp³-hybridized carbons (Fsp3) is 0.204. The molecule has 0 radical (unpaired) electrons. The smallest absolute Gasteiger partial charge is 0.346 e. The molecule has 23 nitrogen and oxygen atoms in total. The molecule has 1 aliphatic carbocycles. The first-order valence-corrected chi connectivity index (χ1v) is 27.0. The van der Waals surface area contributed by atoms with Crippen LogP contribution in [-0.4, -0.2) is 138 Å². The van der Waals surface area contributed by atoms with Gasteiger partial charge in [-0.2, -0.15) is 14.9 Å². The van der Waals surface area contributed by atoms with Gasteiger partial charge in [0.2, 0.25) is 11.3 Å². The van der Waals surface area contributed by atoms with Gasteiger partial charge in [-0.1, -0.05) is 51.8 Å². The minimum atomic E-state index is 0.0438. The highest BCUT2D eigenvalue weighted by Crippen LogP contribution is 2.30. The van der Waals surface area contributed by atoms with Gasteiger partial charge in [-0.25, -0.2) is 34.3 Å². The number of nitrogens with one attached hydrogen (secondary N) is 1. The van der Waals surface area contributed by atoms with E-state index in [0.717, 1.165) is 52.3 Å². The van der Waals surface area contributed by atoms with E-state index >= 15 is 0 Å². The van der Waals surface area contributed by atoms with Crippen LogP contribution >= 0.6 is 22.7 Å². The molecule has 13 heterocycles. The molecule has 0 fully saturated rings. The van der Waals surface area contributed by atoms with Gasteiger partial charge in [0.15, 0.2) is 17.0 Å². The monoisotopic (exact) mass is 1090 g/mol. The van der Waals surface area contributed by atoms with E-state index in [4.69, 9.17) is 15.1 Å². The molecule has 79 heavy (non-hydrogen) atoms. The number of aliphatic imine (C=N–C) groups is 1. The number of rotatable bonds is 13. The van der Waals surface area contributed by atoms with Gasteiger partial charge in [-0.15, -0.1) is 38.1 Å². The number of hydrogen-bond acceptors (Lipinski definition) is 18. The number of H-pyrrole nitrogens is 1. The number of aliphatic hydroxyl groups excluding tert-OH is 1. The summed E-state index contributed by atoms with van der Waals surface area (Å²) in [7, 11) is 6.02. The molecule has 0 unspecified atom stereocenters. The Morgan fingerprint density at radius 2 is 1.56 bits per heavy atom. The lowest BCUT2D eigenvalue weighted by molar-refractivity contribution is -0.724. The predicted molar refractivity (Wildman–Crippen MR) is 301 cm³/mol. The molecular weight excluding hydrogens is 1040 g/mol. The predicted octanol–water partition coefficient (Wildman–Crippen LogP) is 6.11. The molecule has 0 atom stereocenters. The molecule has 13 aromatic rings. The van der Waals surface area contributed by atoms with Crippen LogP contribution < -0.4 is 4.68 Å². The lowest BCUT2D eigenvalue weighted by Crippen LogP contribution is -2.37. The van der Waals surface area contributed by atoms with Gasteiger partial charge >= 0.3 is 11.3 Å². The Morgan fingerprint density at radius 3 is 2.34 bits per heavy atom. The molecule has 1 aliphatic heterocycles. The summed E-state index contributed by atoms with van der Waals surface area (Å²) in [6, 6.07) is 19.1. The second-order valence-corrected chi connectivity index (χ2v) is 21.2. The summed E-state index contributed by atoms with van der Waals surface area (Å²) in [5.41, 5.74) is 15.0. The fourth-order valence-electron chi connectivity index (χ4n) is 9.41. The SMILES string of the molecule is C1=Cc2sc(Cn3nnc4ncc(C5=CCN=C5)nc43)cc2C1.CN(C)Cc1ccc2ccc(Cn3nnc4ncc(-c5cnn(C)c5)nc43)cn12.OCCn1cc(-c2cnc3n[nH][n+](Cc4csc5ccccc45)c3n2)cn1. The summed E-state index contributed by atoms with van der Waals surface area (Å²) in [6.45, 7) is 3.96. The Labute approximate surface area is 457 Å². The Hall–Kier alpha value is -9.43. The van der Waals surface area contributed by atoms with E-state index < -0.39 is 0 Å². The first kappa shape index (κ1) is 49.2. The first-order valence-electron chi connectivity index (χ1n) is 25.3. The minimum absolute atomic E-state index is 0.0438. The van der Waals surface area contributed by atoms with Crippen molar-refractivity contribution in [1.29, 1.82) is 0 Å². The highest BCUT2D eigenvalue weighted by Gasteiger charge is 2.21. The Morgan fingerprint density at radius 1 is 0.797 bits per heavy atom. The molecule has 0 bridgehead atoms. The van der Waals surface area contributed by atoms with Crippen molar-refractivity contribution in [2.75, 3.05) is 27.2 Å². The summed E-state index contributed by atoms with van der Waals surface area (Å²) in [4.78, 5) is 36.3. The lowest BCUT2D eigenvalue weighted by atomic mass is 10.2. The normalized spacial score (nSPS) is 12.8. The van der Waals surface area contributed by atoms with Crippen LogP contribution in [0.5, 0.6) is 0 Å². The van der Waals surface area contributed by atoms with Crippen LogP contribution in [0, 0.1) is 0 Å². The van der Waals surface area contributed by atoms with Crippen LogP contribution in [0.4, 0.5) is 0 Å². The summed E-state index contributed by atoms with van der Waals surface area (Å²) < 4.78 is 12.4. The van der Waals surface area contributed by atoms with Crippen LogP contribution in [0.3, 0.4) is 0 Å². The number of hydrogen-bond donors (Lipinski definition) is 2. The van der Waals surface area contributed by atoms with Crippen LogP contribution in [0.1, 0.15) is 37.8 Å². The molecule has 12 aromatic heterocycles. The van der Waals surface area contributed by atoms with Gasteiger partial charge in [0.05, 0.1) is 80.7 Å². The van der Waals surface area contributed by atoms with E-state index in [0.29, 0.717) is 66.6 Å². The third kappa shape index (κ3) is 10.2. The van der Waals surface area contributed by atoms with Gasteiger partial charge in [0.25, 0.3) is 0 Å². The maximum Gasteiger partial charge on any atom is 0.346 e. The zero-order valence-electron chi connectivity index (χ0n) is 43.0. The number of thiophene rings is 2. The number of aromatic nitrogens is 20. The zero-order valence-corrected chi connectivity index (χ0v) is 44.6. The highest BCUT2D eigenvalue weighted by atomic mass is 32.1. The summed E-state index contributed by atoms with van der Waals surface area (Å²) >= 11 is 3.54. The van der Waals surface area contributed by atoms with Gasteiger partial charge in [0.1, 0.15) is 6.54 Å². The van der Waals surface area contributed by atoms with Crippen molar-refractivity contribution in [3.05, 3.63) is 160 Å². The number of nitrogens with zero attached hydrogens (tertiary/aromatic N) is 21. The molecule has 2 aliphatic rings. The molecule has 1 aromatic carbocycles. The van der Waals surface area contributed by atoms with Crippen molar-refractivity contribution in [2.45, 2.75) is 39.1 Å². The van der Waals surface area contributed by atoms with Crippen molar-refractivity contribution in [3.8, 4) is 22.5 Å². The number of aromatic amines is 1. The van der Waals surface area contributed by atoms with E-state index in [1.54, 1.807) is 67.7 Å². The molecule has 0 spiro atoms. The average molecular weight is 1090 g/mol. The summed E-state index contributed by atoms with van der Waals surface area (Å²) in [5.74, 6) is 0. The van der Waals surface area contributed by atoms with Crippen LogP contribution in [0.15, 0.2) is 127 Å². The number of pyridine rings is 1. The first-order chi connectivity index (χ1) is 38.7. The molecule has 0 saturated carbocycles.